The monoisotopic (exact) mass is 380 g/mol. The van der Waals surface area contributed by atoms with Crippen LogP contribution in [0.25, 0.3) is 0 Å². The number of alkyl carbamates (subject to hydrolysis) is 1. The number of carbonyl (C=O) groups excluding carboxylic acids is 1. The van der Waals surface area contributed by atoms with Gasteiger partial charge in [0.05, 0.1) is 4.92 Å². The van der Waals surface area contributed by atoms with Crippen molar-refractivity contribution < 1.29 is 34.2 Å². The number of rotatable bonds is 7. The molecule has 0 fully saturated rings. The van der Waals surface area contributed by atoms with Crippen molar-refractivity contribution in [3.63, 3.8) is 0 Å². The zero-order chi connectivity index (χ0) is 20.0. The van der Waals surface area contributed by atoms with Gasteiger partial charge in [-0.25, -0.2) is 9.18 Å². The molecule has 0 bridgehead atoms. The van der Waals surface area contributed by atoms with Crippen LogP contribution in [0.1, 0.15) is 17.2 Å². The number of halogens is 1. The number of hydrogen-bond donors (Lipinski definition) is 4. The van der Waals surface area contributed by atoms with Crippen LogP contribution in [0.2, 0.25) is 0 Å². The molecule has 0 radical (unpaired) electrons. The van der Waals surface area contributed by atoms with Gasteiger partial charge >= 0.3 is 11.8 Å². The lowest BCUT2D eigenvalue weighted by Gasteiger charge is -2.19. The molecule has 10 heteroatoms. The number of nitro groups is 1. The van der Waals surface area contributed by atoms with Crippen LogP contribution < -0.4 is 5.32 Å². The molecule has 0 spiro atoms. The molecule has 0 aliphatic heterocycles. The van der Waals surface area contributed by atoms with Crippen molar-refractivity contribution in [3.8, 4) is 5.75 Å². The first-order valence-corrected chi connectivity index (χ1v) is 7.77. The molecule has 2 rings (SSSR count). The number of amides is 1. The quantitative estimate of drug-likeness (QED) is 0.423. The molecule has 0 heterocycles. The highest BCUT2D eigenvalue weighted by Gasteiger charge is 2.27. The van der Waals surface area contributed by atoms with Crippen LogP contribution in [0.3, 0.4) is 0 Å². The molecular formula is C17H17FN2O7. The number of ether oxygens (including phenoxy) is 1. The first-order chi connectivity index (χ1) is 12.8. The third-order valence-electron chi connectivity index (χ3n) is 3.64. The third-order valence-corrected chi connectivity index (χ3v) is 3.64. The molecule has 27 heavy (non-hydrogen) atoms. The van der Waals surface area contributed by atoms with Crippen molar-refractivity contribution in [2.75, 3.05) is 6.54 Å². The zero-order valence-electron chi connectivity index (χ0n) is 13.9. The number of nitrogens with one attached hydrogen (secondary N) is 1. The SMILES string of the molecule is O=C(NCC(O)C(O)c1cc([N+](=O)[O-])c(O)cc1F)OCc1ccccc1. The predicted octanol–water partition coefficient (Wildman–Crippen LogP) is 1.76. The van der Waals surface area contributed by atoms with E-state index in [9.17, 15) is 34.6 Å². The summed E-state index contributed by atoms with van der Waals surface area (Å²) in [6.07, 6.45) is -4.42. The van der Waals surface area contributed by atoms with Gasteiger partial charge < -0.3 is 25.4 Å². The van der Waals surface area contributed by atoms with Crippen LogP contribution in [0, 0.1) is 15.9 Å². The second-order valence-electron chi connectivity index (χ2n) is 5.57. The van der Waals surface area contributed by atoms with Crippen molar-refractivity contribution in [3.05, 3.63) is 69.5 Å². The Kier molecular flexibility index (Phi) is 6.63. The summed E-state index contributed by atoms with van der Waals surface area (Å²) in [7, 11) is 0. The summed E-state index contributed by atoms with van der Waals surface area (Å²) in [5.74, 6) is -2.05. The van der Waals surface area contributed by atoms with Gasteiger partial charge in [-0.1, -0.05) is 30.3 Å². The van der Waals surface area contributed by atoms with Crippen LogP contribution in [-0.4, -0.2) is 39.0 Å². The van der Waals surface area contributed by atoms with E-state index in [0.717, 1.165) is 5.56 Å². The van der Waals surface area contributed by atoms with Crippen molar-refractivity contribution in [1.29, 1.82) is 0 Å². The molecule has 0 saturated heterocycles. The van der Waals surface area contributed by atoms with Crippen molar-refractivity contribution in [2.45, 2.75) is 18.8 Å². The first-order valence-electron chi connectivity index (χ1n) is 7.77. The Balaban J connectivity index is 1.93. The van der Waals surface area contributed by atoms with E-state index in [-0.39, 0.29) is 6.61 Å². The van der Waals surface area contributed by atoms with E-state index < -0.39 is 52.6 Å². The summed E-state index contributed by atoms with van der Waals surface area (Å²) in [6, 6.07) is 9.90. The average molecular weight is 380 g/mol. The van der Waals surface area contributed by atoms with Gasteiger partial charge in [0.2, 0.25) is 0 Å². The van der Waals surface area contributed by atoms with Crippen LogP contribution in [0.15, 0.2) is 42.5 Å². The number of aliphatic hydroxyl groups is 2. The summed E-state index contributed by atoms with van der Waals surface area (Å²) in [6.45, 7) is -0.507. The molecule has 2 atom stereocenters. The average Bonchev–Trinajstić information content (AvgIpc) is 2.64. The fourth-order valence-electron chi connectivity index (χ4n) is 2.22. The van der Waals surface area contributed by atoms with Gasteiger partial charge in [0.25, 0.3) is 0 Å². The molecule has 144 valence electrons. The van der Waals surface area contributed by atoms with Crippen molar-refractivity contribution in [2.24, 2.45) is 0 Å². The number of nitro benzene ring substituents is 1. The highest BCUT2D eigenvalue weighted by molar-refractivity contribution is 5.67. The molecule has 0 aliphatic rings. The van der Waals surface area contributed by atoms with Crippen LogP contribution in [0.5, 0.6) is 5.75 Å². The van der Waals surface area contributed by atoms with Crippen LogP contribution in [0.4, 0.5) is 14.9 Å². The summed E-state index contributed by atoms with van der Waals surface area (Å²) < 4.78 is 18.8. The van der Waals surface area contributed by atoms with Gasteiger partial charge in [0, 0.05) is 24.2 Å². The number of hydrogen-bond acceptors (Lipinski definition) is 7. The van der Waals surface area contributed by atoms with E-state index in [1.165, 1.54) is 0 Å². The Hall–Kier alpha value is -3.24. The van der Waals surface area contributed by atoms with E-state index in [4.69, 9.17) is 4.74 Å². The molecule has 0 aromatic heterocycles. The topological polar surface area (TPSA) is 142 Å². The Morgan fingerprint density at radius 3 is 2.56 bits per heavy atom. The second kappa shape index (κ2) is 8.92. The number of nitrogens with zero attached hydrogens (tertiary/aromatic N) is 1. The smallest absolute Gasteiger partial charge is 0.407 e. The highest BCUT2D eigenvalue weighted by atomic mass is 19.1. The van der Waals surface area contributed by atoms with E-state index in [1.54, 1.807) is 30.3 Å². The Morgan fingerprint density at radius 2 is 1.93 bits per heavy atom. The van der Waals surface area contributed by atoms with Gasteiger partial charge in [-0.15, -0.1) is 0 Å². The fourth-order valence-corrected chi connectivity index (χ4v) is 2.22. The van der Waals surface area contributed by atoms with E-state index in [1.807, 2.05) is 0 Å². The van der Waals surface area contributed by atoms with Crippen LogP contribution in [-0.2, 0) is 11.3 Å². The van der Waals surface area contributed by atoms with E-state index >= 15 is 0 Å². The third kappa shape index (κ3) is 5.36. The molecule has 4 N–H and O–H groups in total. The molecule has 2 aromatic rings. The first kappa shape index (κ1) is 20.1. The number of benzene rings is 2. The summed E-state index contributed by atoms with van der Waals surface area (Å²) in [5, 5.41) is 42.2. The molecule has 0 aliphatic carbocycles. The number of phenolic OH excluding ortho intramolecular Hbond substituents is 1. The summed E-state index contributed by atoms with van der Waals surface area (Å²) in [4.78, 5) is 21.4. The number of carbonyl (C=O) groups is 1. The minimum Gasteiger partial charge on any atom is -0.502 e. The van der Waals surface area contributed by atoms with Crippen molar-refractivity contribution >= 4 is 11.8 Å². The normalized spacial score (nSPS) is 12.9. The predicted molar refractivity (Wildman–Crippen MR) is 90.3 cm³/mol. The standard InChI is InChI=1S/C17H17FN2O7/c18-12-7-14(21)13(20(25)26)6-11(12)16(23)15(22)8-19-17(24)27-9-10-4-2-1-3-5-10/h1-7,15-16,21-23H,8-9H2,(H,19,24). The second-order valence-corrected chi connectivity index (χ2v) is 5.57. The van der Waals surface area contributed by atoms with Gasteiger partial charge in [-0.05, 0) is 5.56 Å². The minimum atomic E-state index is -1.88. The molecule has 0 saturated carbocycles. The molecule has 1 amide bonds. The van der Waals surface area contributed by atoms with E-state index in [0.29, 0.717) is 12.1 Å². The molecule has 2 unspecified atom stereocenters. The largest absolute Gasteiger partial charge is 0.502 e. The Labute approximate surface area is 152 Å². The summed E-state index contributed by atoms with van der Waals surface area (Å²) in [5.41, 5.74) is -0.675. The summed E-state index contributed by atoms with van der Waals surface area (Å²) >= 11 is 0. The Morgan fingerprint density at radius 1 is 1.26 bits per heavy atom. The fraction of sp³-hybridized carbons (Fsp3) is 0.235. The van der Waals surface area contributed by atoms with Crippen molar-refractivity contribution in [1.82, 2.24) is 5.32 Å². The highest BCUT2D eigenvalue weighted by Crippen LogP contribution is 2.32. The maximum absolute atomic E-state index is 13.8. The van der Waals surface area contributed by atoms with Gasteiger partial charge in [0.1, 0.15) is 24.6 Å². The van der Waals surface area contributed by atoms with Crippen LogP contribution >= 0.6 is 0 Å². The van der Waals surface area contributed by atoms with Gasteiger partial charge in [-0.2, -0.15) is 0 Å². The zero-order valence-corrected chi connectivity index (χ0v) is 13.9. The van der Waals surface area contributed by atoms with Gasteiger partial charge in [-0.3, -0.25) is 10.1 Å². The number of phenols is 1. The van der Waals surface area contributed by atoms with E-state index in [2.05, 4.69) is 5.32 Å². The lowest BCUT2D eigenvalue weighted by atomic mass is 10.0. The molecule has 9 nitrogen and oxygen atoms in total. The van der Waals surface area contributed by atoms with Gasteiger partial charge in [0.15, 0.2) is 5.75 Å². The maximum atomic E-state index is 13.8. The lowest BCUT2D eigenvalue weighted by Crippen LogP contribution is -2.36. The number of aromatic hydroxyl groups is 1. The Bertz CT molecular complexity index is 816. The maximum Gasteiger partial charge on any atom is 0.407 e. The molecule has 2 aromatic carbocycles. The lowest BCUT2D eigenvalue weighted by molar-refractivity contribution is -0.386. The minimum absolute atomic E-state index is 0.00981. The molecular weight excluding hydrogens is 363 g/mol. The number of aliphatic hydroxyl groups excluding tert-OH is 2.